The predicted molar refractivity (Wildman–Crippen MR) is 68.3 cm³/mol. The van der Waals surface area contributed by atoms with Gasteiger partial charge in [-0.1, -0.05) is 0 Å². The van der Waals surface area contributed by atoms with Gasteiger partial charge in [0, 0.05) is 38.3 Å². The average molecular weight is 249 g/mol. The molecule has 98 valence electrons. The van der Waals surface area contributed by atoms with Crippen molar-refractivity contribution in [2.75, 3.05) is 33.2 Å². The Balaban J connectivity index is 1.79. The molecule has 2 rings (SSSR count). The fourth-order valence-electron chi connectivity index (χ4n) is 2.01. The van der Waals surface area contributed by atoms with Gasteiger partial charge in [-0.2, -0.15) is 0 Å². The van der Waals surface area contributed by atoms with Crippen LogP contribution in [0.25, 0.3) is 0 Å². The second kappa shape index (κ2) is 5.82. The molecule has 1 N–H and O–H groups in total. The lowest BCUT2D eigenvalue weighted by Crippen LogP contribution is -2.47. The van der Waals surface area contributed by atoms with E-state index in [4.69, 9.17) is 5.11 Å². The van der Waals surface area contributed by atoms with Gasteiger partial charge in [0.1, 0.15) is 5.75 Å². The number of hydrogen-bond donors (Lipinski definition) is 1. The number of hydrogen-bond acceptors (Lipinski definition) is 4. The van der Waals surface area contributed by atoms with E-state index in [0.717, 1.165) is 31.9 Å². The zero-order valence-electron chi connectivity index (χ0n) is 10.7. The van der Waals surface area contributed by atoms with E-state index in [0.29, 0.717) is 12.8 Å². The van der Waals surface area contributed by atoms with Gasteiger partial charge in [-0.3, -0.25) is 9.78 Å². The van der Waals surface area contributed by atoms with Crippen LogP contribution in [-0.4, -0.2) is 59.0 Å². The van der Waals surface area contributed by atoms with Gasteiger partial charge in [-0.15, -0.1) is 0 Å². The minimum absolute atomic E-state index is 0.157. The largest absolute Gasteiger partial charge is 0.506 e. The summed E-state index contributed by atoms with van der Waals surface area (Å²) in [6.45, 7) is 3.53. The third-order valence-corrected chi connectivity index (χ3v) is 3.26. The van der Waals surface area contributed by atoms with Crippen LogP contribution in [0.1, 0.15) is 12.1 Å². The molecule has 0 spiro atoms. The van der Waals surface area contributed by atoms with Crippen molar-refractivity contribution >= 4 is 5.91 Å². The highest BCUT2D eigenvalue weighted by Crippen LogP contribution is 2.09. The van der Waals surface area contributed by atoms with E-state index in [9.17, 15) is 4.79 Å². The summed E-state index contributed by atoms with van der Waals surface area (Å²) in [5.74, 6) is 0.349. The molecule has 5 heteroatoms. The van der Waals surface area contributed by atoms with Gasteiger partial charge < -0.3 is 14.9 Å². The lowest BCUT2D eigenvalue weighted by Gasteiger charge is -2.32. The Bertz CT molecular complexity index is 397. The van der Waals surface area contributed by atoms with E-state index >= 15 is 0 Å². The Kier molecular flexibility index (Phi) is 4.15. The molecule has 18 heavy (non-hydrogen) atoms. The smallest absolute Gasteiger partial charge is 0.223 e. The van der Waals surface area contributed by atoms with Crippen LogP contribution < -0.4 is 0 Å². The molecule has 2 heterocycles. The van der Waals surface area contributed by atoms with Crippen LogP contribution in [0, 0.1) is 0 Å². The summed E-state index contributed by atoms with van der Waals surface area (Å²) >= 11 is 0. The standard InChI is InChI=1S/C13H19N3O2/c1-15-6-8-16(9-7-15)13(18)5-3-11-2-4-12(17)10-14-11/h2,4,10,17H,3,5-9H2,1H3. The van der Waals surface area contributed by atoms with E-state index in [2.05, 4.69) is 16.9 Å². The molecule has 0 aromatic carbocycles. The molecular formula is C13H19N3O2. The summed E-state index contributed by atoms with van der Waals surface area (Å²) < 4.78 is 0. The first kappa shape index (κ1) is 12.8. The summed E-state index contributed by atoms with van der Waals surface area (Å²) in [6.07, 6.45) is 2.53. The number of nitrogens with zero attached hydrogens (tertiary/aromatic N) is 3. The Hall–Kier alpha value is -1.62. The van der Waals surface area contributed by atoms with Gasteiger partial charge in [-0.05, 0) is 25.6 Å². The third-order valence-electron chi connectivity index (χ3n) is 3.26. The summed E-state index contributed by atoms with van der Waals surface area (Å²) in [6, 6.07) is 3.36. The second-order valence-corrected chi connectivity index (χ2v) is 4.69. The molecule has 0 unspecified atom stereocenters. The van der Waals surface area contributed by atoms with Crippen molar-refractivity contribution in [2.24, 2.45) is 0 Å². The highest BCUT2D eigenvalue weighted by atomic mass is 16.3. The van der Waals surface area contributed by atoms with Gasteiger partial charge in [-0.25, -0.2) is 0 Å². The van der Waals surface area contributed by atoms with E-state index in [1.807, 2.05) is 4.90 Å². The summed E-state index contributed by atoms with van der Waals surface area (Å²) in [4.78, 5) is 20.2. The van der Waals surface area contributed by atoms with Crippen LogP contribution in [0.15, 0.2) is 18.3 Å². The quantitative estimate of drug-likeness (QED) is 0.847. The number of pyridine rings is 1. The maximum atomic E-state index is 12.0. The second-order valence-electron chi connectivity index (χ2n) is 4.69. The normalized spacial score (nSPS) is 16.8. The van der Waals surface area contributed by atoms with Crippen LogP contribution in [0.2, 0.25) is 0 Å². The molecule has 0 atom stereocenters. The Morgan fingerprint density at radius 2 is 2.06 bits per heavy atom. The highest BCUT2D eigenvalue weighted by Gasteiger charge is 2.18. The monoisotopic (exact) mass is 249 g/mol. The van der Waals surface area contributed by atoms with Crippen molar-refractivity contribution in [3.63, 3.8) is 0 Å². The first-order valence-electron chi connectivity index (χ1n) is 6.25. The van der Waals surface area contributed by atoms with Gasteiger partial charge in [0.2, 0.25) is 5.91 Å². The molecule has 0 aliphatic carbocycles. The number of likely N-dealkylation sites (N-methyl/N-ethyl adjacent to an activating group) is 1. The van der Waals surface area contributed by atoms with E-state index in [-0.39, 0.29) is 11.7 Å². The van der Waals surface area contributed by atoms with Crippen molar-refractivity contribution in [3.05, 3.63) is 24.0 Å². The maximum Gasteiger partial charge on any atom is 0.223 e. The van der Waals surface area contributed by atoms with E-state index < -0.39 is 0 Å². The summed E-state index contributed by atoms with van der Waals surface area (Å²) in [5.41, 5.74) is 0.843. The molecule has 5 nitrogen and oxygen atoms in total. The average Bonchev–Trinajstić information content (AvgIpc) is 2.38. The lowest BCUT2D eigenvalue weighted by atomic mass is 10.2. The van der Waals surface area contributed by atoms with Gasteiger partial charge >= 0.3 is 0 Å². The predicted octanol–water partition coefficient (Wildman–Crippen LogP) is 0.494. The molecule has 1 fully saturated rings. The first-order valence-corrected chi connectivity index (χ1v) is 6.25. The van der Waals surface area contributed by atoms with Gasteiger partial charge in [0.25, 0.3) is 0 Å². The zero-order chi connectivity index (χ0) is 13.0. The number of carbonyl (C=O) groups is 1. The minimum atomic E-state index is 0.157. The molecule has 0 saturated carbocycles. The van der Waals surface area contributed by atoms with Crippen LogP contribution in [-0.2, 0) is 11.2 Å². The molecule has 1 aromatic heterocycles. The van der Waals surface area contributed by atoms with Crippen LogP contribution in [0.5, 0.6) is 5.75 Å². The van der Waals surface area contributed by atoms with Crippen LogP contribution in [0.3, 0.4) is 0 Å². The number of piperazine rings is 1. The summed E-state index contributed by atoms with van der Waals surface area (Å²) in [7, 11) is 2.07. The van der Waals surface area contributed by atoms with Crippen molar-refractivity contribution in [1.82, 2.24) is 14.8 Å². The maximum absolute atomic E-state index is 12.0. The first-order chi connectivity index (χ1) is 8.65. The Morgan fingerprint density at radius 3 is 2.67 bits per heavy atom. The number of aromatic nitrogens is 1. The van der Waals surface area contributed by atoms with Crippen LogP contribution >= 0.6 is 0 Å². The Labute approximate surface area is 107 Å². The van der Waals surface area contributed by atoms with Crippen molar-refractivity contribution in [1.29, 1.82) is 0 Å². The third kappa shape index (κ3) is 3.43. The number of amides is 1. The number of rotatable bonds is 3. The number of aryl methyl sites for hydroxylation is 1. The molecule has 1 aliphatic rings. The number of carbonyl (C=O) groups excluding carboxylic acids is 1. The van der Waals surface area contributed by atoms with Crippen LogP contribution in [0.4, 0.5) is 0 Å². The molecule has 1 aliphatic heterocycles. The fraction of sp³-hybridized carbons (Fsp3) is 0.538. The molecule has 1 saturated heterocycles. The molecular weight excluding hydrogens is 230 g/mol. The zero-order valence-corrected chi connectivity index (χ0v) is 10.7. The van der Waals surface area contributed by atoms with Gasteiger partial charge in [0.15, 0.2) is 0 Å². The lowest BCUT2D eigenvalue weighted by molar-refractivity contribution is -0.132. The highest BCUT2D eigenvalue weighted by molar-refractivity contribution is 5.76. The number of aromatic hydroxyl groups is 1. The minimum Gasteiger partial charge on any atom is -0.506 e. The molecule has 1 amide bonds. The van der Waals surface area contributed by atoms with Crippen molar-refractivity contribution in [2.45, 2.75) is 12.8 Å². The van der Waals surface area contributed by atoms with Gasteiger partial charge in [0.05, 0.1) is 6.20 Å². The van der Waals surface area contributed by atoms with Crippen molar-refractivity contribution < 1.29 is 9.90 Å². The molecule has 1 aromatic rings. The summed E-state index contributed by atoms with van der Waals surface area (Å²) in [5, 5.41) is 9.12. The van der Waals surface area contributed by atoms with E-state index in [1.54, 1.807) is 12.1 Å². The molecule has 0 bridgehead atoms. The Morgan fingerprint density at radius 1 is 1.33 bits per heavy atom. The fourth-order valence-corrected chi connectivity index (χ4v) is 2.01. The molecule has 0 radical (unpaired) electrons. The SMILES string of the molecule is CN1CCN(C(=O)CCc2ccc(O)cn2)CC1. The topological polar surface area (TPSA) is 56.7 Å². The van der Waals surface area contributed by atoms with Crippen molar-refractivity contribution in [3.8, 4) is 5.75 Å². The van der Waals surface area contributed by atoms with E-state index in [1.165, 1.54) is 6.20 Å².